The number of hydroxylamine groups is 2. The lowest BCUT2D eigenvalue weighted by molar-refractivity contribution is -0.122. The van der Waals surface area contributed by atoms with E-state index < -0.39 is 7.82 Å². The van der Waals surface area contributed by atoms with Crippen LogP contribution >= 0.6 is 7.82 Å². The summed E-state index contributed by atoms with van der Waals surface area (Å²) >= 11 is 0. The fourth-order valence-corrected chi connectivity index (χ4v) is 3.09. The van der Waals surface area contributed by atoms with Crippen LogP contribution in [-0.2, 0) is 9.19 Å². The SMILES string of the molecule is O=P(Oc1ccccc1)(Oc1ccccc1)ON1CCC1. The highest BCUT2D eigenvalue weighted by Gasteiger charge is 2.36. The largest absolute Gasteiger partial charge is 0.604 e. The number of nitrogens with zero attached hydrogens (tertiary/aromatic N) is 1. The van der Waals surface area contributed by atoms with Crippen LogP contribution in [0.15, 0.2) is 60.7 Å². The van der Waals surface area contributed by atoms with Crippen LogP contribution in [0.3, 0.4) is 0 Å². The summed E-state index contributed by atoms with van der Waals surface area (Å²) in [5.74, 6) is 0.884. The molecule has 0 atom stereocenters. The smallest absolute Gasteiger partial charge is 0.394 e. The van der Waals surface area contributed by atoms with Crippen LogP contribution in [0.1, 0.15) is 6.42 Å². The first-order valence-corrected chi connectivity index (χ1v) is 8.24. The monoisotopic (exact) mass is 305 g/mol. The minimum Gasteiger partial charge on any atom is -0.394 e. The van der Waals surface area contributed by atoms with E-state index in [0.29, 0.717) is 11.5 Å². The molecule has 0 N–H and O–H groups in total. The van der Waals surface area contributed by atoms with Crippen molar-refractivity contribution in [2.45, 2.75) is 6.42 Å². The molecule has 3 rings (SSSR count). The Morgan fingerprint density at radius 2 is 1.29 bits per heavy atom. The second-order valence-electron chi connectivity index (χ2n) is 4.62. The van der Waals surface area contributed by atoms with Gasteiger partial charge in [-0.05, 0) is 30.7 Å². The first-order valence-electron chi connectivity index (χ1n) is 6.77. The van der Waals surface area contributed by atoms with E-state index in [2.05, 4.69) is 0 Å². The van der Waals surface area contributed by atoms with Gasteiger partial charge in [0, 0.05) is 13.1 Å². The maximum absolute atomic E-state index is 12.8. The molecule has 21 heavy (non-hydrogen) atoms. The highest BCUT2D eigenvalue weighted by molar-refractivity contribution is 7.49. The van der Waals surface area contributed by atoms with Gasteiger partial charge in [-0.1, -0.05) is 36.4 Å². The molecular formula is C15H16NO4P. The maximum atomic E-state index is 12.8. The predicted octanol–water partition coefficient (Wildman–Crippen LogP) is 3.89. The van der Waals surface area contributed by atoms with E-state index in [1.54, 1.807) is 53.6 Å². The first kappa shape index (κ1) is 14.1. The second-order valence-corrected chi connectivity index (χ2v) is 6.04. The first-order chi connectivity index (χ1) is 10.2. The zero-order valence-electron chi connectivity index (χ0n) is 11.4. The van der Waals surface area contributed by atoms with Crippen LogP contribution in [0, 0.1) is 0 Å². The summed E-state index contributed by atoms with van der Waals surface area (Å²) in [5.41, 5.74) is 0. The third-order valence-electron chi connectivity index (χ3n) is 2.95. The third kappa shape index (κ3) is 3.85. The van der Waals surface area contributed by atoms with Gasteiger partial charge in [0.15, 0.2) is 0 Å². The van der Waals surface area contributed by atoms with Gasteiger partial charge in [0.1, 0.15) is 11.5 Å². The average molecular weight is 305 g/mol. The van der Waals surface area contributed by atoms with Crippen molar-refractivity contribution in [2.75, 3.05) is 13.1 Å². The van der Waals surface area contributed by atoms with Gasteiger partial charge >= 0.3 is 7.82 Å². The van der Waals surface area contributed by atoms with Crippen LogP contribution in [0.4, 0.5) is 0 Å². The van der Waals surface area contributed by atoms with Gasteiger partial charge in [-0.3, -0.25) is 0 Å². The van der Waals surface area contributed by atoms with Gasteiger partial charge in [0.25, 0.3) is 0 Å². The molecule has 5 nitrogen and oxygen atoms in total. The topological polar surface area (TPSA) is 48.0 Å². The molecule has 110 valence electrons. The normalized spacial score (nSPS) is 15.2. The lowest BCUT2D eigenvalue weighted by Gasteiger charge is -2.31. The predicted molar refractivity (Wildman–Crippen MR) is 79.0 cm³/mol. The summed E-state index contributed by atoms with van der Waals surface area (Å²) in [6, 6.07) is 17.7. The Morgan fingerprint density at radius 1 is 0.810 bits per heavy atom. The number of benzene rings is 2. The summed E-state index contributed by atoms with van der Waals surface area (Å²) in [4.78, 5) is 0. The Kier molecular flexibility index (Phi) is 4.25. The number of phosphoric ester groups is 1. The Labute approximate surface area is 123 Å². The van der Waals surface area contributed by atoms with Gasteiger partial charge in [-0.2, -0.15) is 9.69 Å². The molecule has 1 saturated heterocycles. The molecule has 0 spiro atoms. The van der Waals surface area contributed by atoms with Gasteiger partial charge in [0.05, 0.1) is 0 Å². The van der Waals surface area contributed by atoms with Crippen molar-refractivity contribution in [3.8, 4) is 11.5 Å². The molecule has 0 radical (unpaired) electrons. The van der Waals surface area contributed by atoms with Crippen molar-refractivity contribution in [1.29, 1.82) is 0 Å². The highest BCUT2D eigenvalue weighted by atomic mass is 31.2. The lowest BCUT2D eigenvalue weighted by Crippen LogP contribution is -2.37. The number of rotatable bonds is 6. The van der Waals surface area contributed by atoms with Crippen molar-refractivity contribution in [3.05, 3.63) is 60.7 Å². The van der Waals surface area contributed by atoms with E-state index >= 15 is 0 Å². The van der Waals surface area contributed by atoms with Gasteiger partial charge in [-0.25, -0.2) is 4.57 Å². The standard InChI is InChI=1S/C15H16NO4P/c17-21(20-16-12-7-13-16,18-14-8-3-1-4-9-14)19-15-10-5-2-6-11-15/h1-6,8-11H,7,12-13H2. The van der Waals surface area contributed by atoms with Crippen LogP contribution in [0.25, 0.3) is 0 Å². The van der Waals surface area contributed by atoms with Gasteiger partial charge in [-0.15, -0.1) is 0 Å². The average Bonchev–Trinajstić information content (AvgIpc) is 2.45. The van der Waals surface area contributed by atoms with Crippen LogP contribution < -0.4 is 9.05 Å². The van der Waals surface area contributed by atoms with E-state index in [1.807, 2.05) is 12.1 Å². The molecule has 2 aromatic carbocycles. The van der Waals surface area contributed by atoms with Crippen LogP contribution in [0.2, 0.25) is 0 Å². The van der Waals surface area contributed by atoms with Crippen molar-refractivity contribution in [2.24, 2.45) is 0 Å². The van der Waals surface area contributed by atoms with Crippen molar-refractivity contribution < 1.29 is 18.2 Å². The molecule has 0 aromatic heterocycles. The summed E-state index contributed by atoms with van der Waals surface area (Å²) in [7, 11) is -3.76. The summed E-state index contributed by atoms with van der Waals surface area (Å²) in [6.07, 6.45) is 1.01. The quantitative estimate of drug-likeness (QED) is 0.758. The number of hydrogen-bond acceptors (Lipinski definition) is 5. The van der Waals surface area contributed by atoms with Gasteiger partial charge in [0.2, 0.25) is 0 Å². The van der Waals surface area contributed by atoms with Gasteiger partial charge < -0.3 is 9.05 Å². The summed E-state index contributed by atoms with van der Waals surface area (Å²) in [5, 5.41) is 1.59. The molecule has 1 fully saturated rings. The third-order valence-corrected chi connectivity index (χ3v) is 4.25. The second kappa shape index (κ2) is 6.31. The molecule has 0 aliphatic carbocycles. The Balaban J connectivity index is 1.78. The summed E-state index contributed by atoms with van der Waals surface area (Å²) in [6.45, 7) is 1.45. The summed E-state index contributed by atoms with van der Waals surface area (Å²) < 4.78 is 29.2. The zero-order chi connectivity index (χ0) is 14.5. The molecule has 0 saturated carbocycles. The highest BCUT2D eigenvalue weighted by Crippen LogP contribution is 2.50. The maximum Gasteiger partial charge on any atom is 0.604 e. The number of para-hydroxylation sites is 2. The number of hydrogen-bond donors (Lipinski definition) is 0. The minimum atomic E-state index is -3.76. The van der Waals surface area contributed by atoms with Crippen LogP contribution in [-0.4, -0.2) is 18.2 Å². The lowest BCUT2D eigenvalue weighted by atomic mass is 10.3. The zero-order valence-corrected chi connectivity index (χ0v) is 12.3. The molecule has 1 aliphatic heterocycles. The molecule has 1 heterocycles. The molecule has 0 unspecified atom stereocenters. The van der Waals surface area contributed by atoms with Crippen LogP contribution in [0.5, 0.6) is 11.5 Å². The number of phosphoric acid groups is 1. The Hall–Kier alpha value is -1.81. The molecule has 2 aromatic rings. The van der Waals surface area contributed by atoms with E-state index in [0.717, 1.165) is 19.5 Å². The fraction of sp³-hybridized carbons (Fsp3) is 0.200. The molecular weight excluding hydrogens is 289 g/mol. The van der Waals surface area contributed by atoms with E-state index in [-0.39, 0.29) is 0 Å². The van der Waals surface area contributed by atoms with E-state index in [4.69, 9.17) is 13.7 Å². The molecule has 0 bridgehead atoms. The van der Waals surface area contributed by atoms with Crippen molar-refractivity contribution in [1.82, 2.24) is 5.06 Å². The van der Waals surface area contributed by atoms with E-state index in [9.17, 15) is 4.57 Å². The fourth-order valence-electron chi connectivity index (χ4n) is 1.78. The Bertz CT molecular complexity index is 571. The van der Waals surface area contributed by atoms with E-state index in [1.165, 1.54) is 0 Å². The molecule has 6 heteroatoms. The Morgan fingerprint density at radius 3 is 1.67 bits per heavy atom. The van der Waals surface area contributed by atoms with Crippen molar-refractivity contribution in [3.63, 3.8) is 0 Å². The molecule has 1 aliphatic rings. The van der Waals surface area contributed by atoms with Crippen molar-refractivity contribution >= 4 is 7.82 Å². The molecule has 0 amide bonds. The minimum absolute atomic E-state index is 0.442.